The fourth-order valence-electron chi connectivity index (χ4n) is 2.75. The Balaban J connectivity index is 1.73. The van der Waals surface area contributed by atoms with E-state index in [-0.39, 0.29) is 18.4 Å². The van der Waals surface area contributed by atoms with Gasteiger partial charge in [0.1, 0.15) is 18.5 Å². The van der Waals surface area contributed by atoms with Crippen molar-refractivity contribution in [2.24, 2.45) is 11.7 Å². The third kappa shape index (κ3) is 4.71. The SMILES string of the molecule is Cc1ccc(OC[C@@H](O)CN2CCC(C(N)=O)CC2)cc1C. The summed E-state index contributed by atoms with van der Waals surface area (Å²) in [5, 5.41) is 10.1. The van der Waals surface area contributed by atoms with Crippen LogP contribution in [0.15, 0.2) is 18.2 Å². The summed E-state index contributed by atoms with van der Waals surface area (Å²) in [5.74, 6) is 0.563. The first-order valence-corrected chi connectivity index (χ1v) is 7.85. The monoisotopic (exact) mass is 306 g/mol. The third-order valence-electron chi connectivity index (χ3n) is 4.38. The highest BCUT2D eigenvalue weighted by atomic mass is 16.5. The predicted molar refractivity (Wildman–Crippen MR) is 85.8 cm³/mol. The molecule has 1 saturated heterocycles. The summed E-state index contributed by atoms with van der Waals surface area (Å²) in [4.78, 5) is 13.3. The molecule has 5 nitrogen and oxygen atoms in total. The summed E-state index contributed by atoms with van der Waals surface area (Å²) >= 11 is 0. The van der Waals surface area contributed by atoms with Gasteiger partial charge >= 0.3 is 0 Å². The zero-order valence-corrected chi connectivity index (χ0v) is 13.4. The van der Waals surface area contributed by atoms with Gasteiger partial charge < -0.3 is 20.5 Å². The quantitative estimate of drug-likeness (QED) is 0.829. The number of hydrogen-bond acceptors (Lipinski definition) is 4. The second kappa shape index (κ2) is 7.61. The number of aryl methyl sites for hydroxylation is 2. The Morgan fingerprint density at radius 3 is 2.64 bits per heavy atom. The topological polar surface area (TPSA) is 75.8 Å². The standard InChI is InChI=1S/C17H26N2O3/c1-12-3-4-16(9-13(12)2)22-11-15(20)10-19-7-5-14(6-8-19)17(18)21/h3-4,9,14-15,20H,5-8,10-11H2,1-2H3,(H2,18,21)/t15-/m0/s1. The summed E-state index contributed by atoms with van der Waals surface area (Å²) in [6, 6.07) is 5.93. The first-order valence-electron chi connectivity index (χ1n) is 7.85. The number of amides is 1. The molecular formula is C17H26N2O3. The van der Waals surface area contributed by atoms with E-state index in [2.05, 4.69) is 11.8 Å². The molecule has 0 radical (unpaired) electrons. The Labute approximate surface area is 132 Å². The van der Waals surface area contributed by atoms with Crippen LogP contribution in [0.4, 0.5) is 0 Å². The number of primary amides is 1. The molecule has 22 heavy (non-hydrogen) atoms. The highest BCUT2D eigenvalue weighted by Gasteiger charge is 2.24. The van der Waals surface area contributed by atoms with Crippen molar-refractivity contribution < 1.29 is 14.6 Å². The van der Waals surface area contributed by atoms with Crippen molar-refractivity contribution in [3.8, 4) is 5.75 Å². The highest BCUT2D eigenvalue weighted by Crippen LogP contribution is 2.18. The minimum Gasteiger partial charge on any atom is -0.491 e. The molecule has 0 saturated carbocycles. The van der Waals surface area contributed by atoms with Crippen molar-refractivity contribution in [3.63, 3.8) is 0 Å². The van der Waals surface area contributed by atoms with Crippen molar-refractivity contribution in [1.82, 2.24) is 4.90 Å². The number of aliphatic hydroxyl groups excluding tert-OH is 1. The number of aliphatic hydroxyl groups is 1. The molecule has 1 aliphatic heterocycles. The van der Waals surface area contributed by atoms with Gasteiger partial charge in [0, 0.05) is 12.5 Å². The zero-order valence-electron chi connectivity index (χ0n) is 13.4. The fraction of sp³-hybridized carbons (Fsp3) is 0.588. The van der Waals surface area contributed by atoms with Gasteiger partial charge in [0.05, 0.1) is 0 Å². The van der Waals surface area contributed by atoms with Crippen molar-refractivity contribution in [3.05, 3.63) is 29.3 Å². The molecular weight excluding hydrogens is 280 g/mol. The predicted octanol–water partition coefficient (Wildman–Crippen LogP) is 1.24. The molecule has 0 aliphatic carbocycles. The van der Waals surface area contributed by atoms with Gasteiger partial charge in [-0.2, -0.15) is 0 Å². The van der Waals surface area contributed by atoms with Crippen LogP contribution in [0.5, 0.6) is 5.75 Å². The highest BCUT2D eigenvalue weighted by molar-refractivity contribution is 5.76. The summed E-state index contributed by atoms with van der Waals surface area (Å²) in [5.41, 5.74) is 7.73. The Morgan fingerprint density at radius 1 is 1.36 bits per heavy atom. The van der Waals surface area contributed by atoms with Gasteiger partial charge in [-0.1, -0.05) is 6.07 Å². The lowest BCUT2D eigenvalue weighted by atomic mass is 9.96. The Hall–Kier alpha value is -1.59. The summed E-state index contributed by atoms with van der Waals surface area (Å²) in [7, 11) is 0. The minimum atomic E-state index is -0.535. The molecule has 5 heteroatoms. The van der Waals surface area contributed by atoms with Gasteiger partial charge in [-0.15, -0.1) is 0 Å². The van der Waals surface area contributed by atoms with E-state index in [4.69, 9.17) is 10.5 Å². The first kappa shape index (κ1) is 16.8. The van der Waals surface area contributed by atoms with E-state index in [0.29, 0.717) is 6.54 Å². The van der Waals surface area contributed by atoms with Gasteiger partial charge in [0.15, 0.2) is 0 Å². The molecule has 1 aromatic rings. The van der Waals surface area contributed by atoms with E-state index in [1.807, 2.05) is 25.1 Å². The second-order valence-electron chi connectivity index (χ2n) is 6.19. The van der Waals surface area contributed by atoms with Crippen LogP contribution in [0.3, 0.4) is 0 Å². The maximum absolute atomic E-state index is 11.1. The molecule has 1 aliphatic rings. The van der Waals surface area contributed by atoms with E-state index in [9.17, 15) is 9.90 Å². The average Bonchev–Trinajstić information content (AvgIpc) is 2.49. The molecule has 0 unspecified atom stereocenters. The van der Waals surface area contributed by atoms with Gasteiger partial charge in [-0.3, -0.25) is 4.79 Å². The average molecular weight is 306 g/mol. The summed E-state index contributed by atoms with van der Waals surface area (Å²) in [6.07, 6.45) is 1.02. The maximum Gasteiger partial charge on any atom is 0.220 e. The van der Waals surface area contributed by atoms with Gasteiger partial charge in [-0.25, -0.2) is 0 Å². The number of likely N-dealkylation sites (tertiary alicyclic amines) is 1. The molecule has 1 amide bonds. The number of nitrogens with zero attached hydrogens (tertiary/aromatic N) is 1. The number of ether oxygens (including phenoxy) is 1. The lowest BCUT2D eigenvalue weighted by molar-refractivity contribution is -0.123. The summed E-state index contributed by atoms with van der Waals surface area (Å²) < 4.78 is 5.65. The molecule has 3 N–H and O–H groups in total. The second-order valence-corrected chi connectivity index (χ2v) is 6.19. The van der Waals surface area contributed by atoms with E-state index in [1.165, 1.54) is 11.1 Å². The lowest BCUT2D eigenvalue weighted by Crippen LogP contribution is -2.43. The van der Waals surface area contributed by atoms with Gasteiger partial charge in [-0.05, 0) is 63.0 Å². The molecule has 1 atom stereocenters. The number of β-amino-alcohol motifs (C(OH)–C–C–N with tert-alkyl or cyclic N) is 1. The Bertz CT molecular complexity index is 511. The number of nitrogens with two attached hydrogens (primary N) is 1. The van der Waals surface area contributed by atoms with Crippen LogP contribution in [0.1, 0.15) is 24.0 Å². The molecule has 2 rings (SSSR count). The van der Waals surface area contributed by atoms with E-state index in [0.717, 1.165) is 31.7 Å². The van der Waals surface area contributed by atoms with E-state index < -0.39 is 6.10 Å². The number of piperidine rings is 1. The molecule has 1 heterocycles. The van der Waals surface area contributed by atoms with Gasteiger partial charge in [0.25, 0.3) is 0 Å². The van der Waals surface area contributed by atoms with Crippen molar-refractivity contribution >= 4 is 5.91 Å². The van der Waals surface area contributed by atoms with E-state index >= 15 is 0 Å². The maximum atomic E-state index is 11.1. The van der Waals surface area contributed by atoms with Crippen LogP contribution >= 0.6 is 0 Å². The van der Waals surface area contributed by atoms with Crippen molar-refractivity contribution in [2.75, 3.05) is 26.2 Å². The smallest absolute Gasteiger partial charge is 0.220 e. The third-order valence-corrected chi connectivity index (χ3v) is 4.38. The van der Waals surface area contributed by atoms with Crippen LogP contribution in [0, 0.1) is 19.8 Å². The molecule has 1 fully saturated rings. The molecule has 122 valence electrons. The van der Waals surface area contributed by atoms with Crippen LogP contribution in [-0.4, -0.2) is 48.3 Å². The fourth-order valence-corrected chi connectivity index (χ4v) is 2.75. The Morgan fingerprint density at radius 2 is 2.05 bits per heavy atom. The van der Waals surface area contributed by atoms with Crippen LogP contribution < -0.4 is 10.5 Å². The zero-order chi connectivity index (χ0) is 16.1. The number of hydrogen-bond donors (Lipinski definition) is 2. The molecule has 0 aromatic heterocycles. The largest absolute Gasteiger partial charge is 0.491 e. The number of benzene rings is 1. The Kier molecular flexibility index (Phi) is 5.80. The van der Waals surface area contributed by atoms with Gasteiger partial charge in [0.2, 0.25) is 5.91 Å². The van der Waals surface area contributed by atoms with Crippen molar-refractivity contribution in [1.29, 1.82) is 0 Å². The first-order chi connectivity index (χ1) is 10.5. The number of rotatable bonds is 6. The summed E-state index contributed by atoms with van der Waals surface area (Å²) in [6.45, 7) is 6.54. The van der Waals surface area contributed by atoms with Crippen LogP contribution in [-0.2, 0) is 4.79 Å². The lowest BCUT2D eigenvalue weighted by Gasteiger charge is -2.31. The van der Waals surface area contributed by atoms with Crippen LogP contribution in [0.2, 0.25) is 0 Å². The minimum absolute atomic E-state index is 0.0137. The normalized spacial score (nSPS) is 18.1. The number of carbonyl (C=O) groups is 1. The van der Waals surface area contributed by atoms with Crippen molar-refractivity contribution in [2.45, 2.75) is 32.8 Å². The molecule has 0 spiro atoms. The van der Waals surface area contributed by atoms with E-state index in [1.54, 1.807) is 0 Å². The molecule has 0 bridgehead atoms. The number of carbonyl (C=O) groups excluding carboxylic acids is 1. The molecule has 1 aromatic carbocycles. The van der Waals surface area contributed by atoms with Crippen LogP contribution in [0.25, 0.3) is 0 Å².